The summed E-state index contributed by atoms with van der Waals surface area (Å²) in [7, 11) is 3.22. The number of urea groups is 1. The van der Waals surface area contributed by atoms with Gasteiger partial charge < -0.3 is 19.9 Å². The number of aromatic amines is 1. The Balaban J connectivity index is 1.75. The topological polar surface area (TPSA) is 70.2 Å². The van der Waals surface area contributed by atoms with E-state index in [0.29, 0.717) is 24.4 Å². The molecule has 1 aromatic carbocycles. The Labute approximate surface area is 168 Å². The van der Waals surface area contributed by atoms with E-state index in [2.05, 4.69) is 21.4 Å². The molecule has 2 aromatic heterocycles. The highest BCUT2D eigenvalue weighted by molar-refractivity contribution is 5.96. The number of pyridine rings is 1. The third kappa shape index (κ3) is 3.68. The zero-order chi connectivity index (χ0) is 20.4. The van der Waals surface area contributed by atoms with Gasteiger partial charge in [0.25, 0.3) is 0 Å². The van der Waals surface area contributed by atoms with Gasteiger partial charge in [0.05, 0.1) is 7.11 Å². The van der Waals surface area contributed by atoms with Crippen LogP contribution in [0, 0.1) is 5.82 Å². The molecule has 0 atom stereocenters. The average Bonchev–Trinajstić information content (AvgIpc) is 3.02. The summed E-state index contributed by atoms with van der Waals surface area (Å²) in [4.78, 5) is 21.5. The second-order valence-corrected chi connectivity index (χ2v) is 6.98. The molecule has 0 fully saturated rings. The predicted molar refractivity (Wildman–Crippen MR) is 111 cm³/mol. The molecule has 0 saturated heterocycles. The molecule has 4 rings (SSSR count). The Bertz CT molecular complexity index is 1090. The number of hydrogen-bond acceptors (Lipinski definition) is 3. The molecular weight excluding hydrogens is 371 g/mol. The number of hydrogen-bond donors (Lipinski definition) is 2. The molecule has 0 saturated carbocycles. The lowest BCUT2D eigenvalue weighted by atomic mass is 10.0. The number of halogens is 1. The summed E-state index contributed by atoms with van der Waals surface area (Å²) in [5, 5.41) is 3.58. The number of H-pyrrole nitrogens is 1. The predicted octanol–water partition coefficient (Wildman–Crippen LogP) is 4.20. The zero-order valence-corrected chi connectivity index (χ0v) is 16.5. The molecule has 7 heteroatoms. The minimum absolute atomic E-state index is 0.0682. The van der Waals surface area contributed by atoms with E-state index in [1.807, 2.05) is 12.1 Å². The number of benzene rings is 1. The third-order valence-corrected chi connectivity index (χ3v) is 5.26. The standard InChI is InChI=1S/C22H23FN4O2/c1-24-22(28)27-10-3-4-14(8-11-27)19-13-18-16(7-9-25-21(18)26-19)17-12-15(23)5-6-20(17)29-2/h5-9,12-13H,3-4,10-11H2,1-2H3,(H,24,28)(H,25,26). The lowest BCUT2D eigenvalue weighted by molar-refractivity contribution is 0.206. The maximum absolute atomic E-state index is 13.9. The molecule has 1 aliphatic rings. The molecule has 6 nitrogen and oxygen atoms in total. The van der Waals surface area contributed by atoms with Crippen LogP contribution in [0.4, 0.5) is 9.18 Å². The number of nitrogens with zero attached hydrogens (tertiary/aromatic N) is 2. The smallest absolute Gasteiger partial charge is 0.317 e. The number of carbonyl (C=O) groups excluding carboxylic acids is 1. The van der Waals surface area contributed by atoms with Gasteiger partial charge in [-0.3, -0.25) is 0 Å². The Morgan fingerprint density at radius 3 is 2.93 bits per heavy atom. The summed E-state index contributed by atoms with van der Waals surface area (Å²) < 4.78 is 19.4. The van der Waals surface area contributed by atoms with Gasteiger partial charge in [-0.2, -0.15) is 0 Å². The SMILES string of the molecule is CNC(=O)N1CC=C(c2cc3c(-c4cc(F)ccc4OC)ccnc3[nH]2)CCC1. The second-order valence-electron chi connectivity index (χ2n) is 6.98. The summed E-state index contributed by atoms with van der Waals surface area (Å²) in [6.07, 6.45) is 5.53. The number of fused-ring (bicyclic) bond motifs is 1. The number of methoxy groups -OCH3 is 1. The molecule has 0 unspecified atom stereocenters. The van der Waals surface area contributed by atoms with Crippen molar-refractivity contribution >= 4 is 22.6 Å². The first-order valence-electron chi connectivity index (χ1n) is 9.58. The van der Waals surface area contributed by atoms with Crippen molar-refractivity contribution < 1.29 is 13.9 Å². The molecular formula is C22H23FN4O2. The van der Waals surface area contributed by atoms with Crippen LogP contribution in [0.5, 0.6) is 5.75 Å². The Hall–Kier alpha value is -3.35. The third-order valence-electron chi connectivity index (χ3n) is 5.26. The summed E-state index contributed by atoms with van der Waals surface area (Å²) in [5.41, 5.74) is 4.39. The summed E-state index contributed by atoms with van der Waals surface area (Å²) >= 11 is 0. The van der Waals surface area contributed by atoms with Crippen LogP contribution in [-0.4, -0.2) is 48.1 Å². The molecule has 0 radical (unpaired) electrons. The number of aromatic nitrogens is 2. The van der Waals surface area contributed by atoms with Gasteiger partial charge in [-0.15, -0.1) is 0 Å². The van der Waals surface area contributed by atoms with Crippen LogP contribution < -0.4 is 10.1 Å². The first-order valence-corrected chi connectivity index (χ1v) is 9.58. The van der Waals surface area contributed by atoms with E-state index in [1.54, 1.807) is 31.3 Å². The van der Waals surface area contributed by atoms with Gasteiger partial charge in [-0.1, -0.05) is 6.08 Å². The van der Waals surface area contributed by atoms with Crippen molar-refractivity contribution in [3.05, 3.63) is 54.1 Å². The van der Waals surface area contributed by atoms with Crippen molar-refractivity contribution in [2.45, 2.75) is 12.8 Å². The zero-order valence-electron chi connectivity index (χ0n) is 16.5. The number of allylic oxidation sites excluding steroid dienone is 1. The number of nitrogens with one attached hydrogen (secondary N) is 2. The minimum Gasteiger partial charge on any atom is -0.496 e. The maximum Gasteiger partial charge on any atom is 0.317 e. The molecule has 150 valence electrons. The van der Waals surface area contributed by atoms with Crippen LogP contribution in [-0.2, 0) is 0 Å². The molecule has 0 aliphatic carbocycles. The Morgan fingerprint density at radius 1 is 1.28 bits per heavy atom. The van der Waals surface area contributed by atoms with Crippen LogP contribution in [0.1, 0.15) is 18.5 Å². The quantitative estimate of drug-likeness (QED) is 0.700. The van der Waals surface area contributed by atoms with Crippen LogP contribution in [0.2, 0.25) is 0 Å². The van der Waals surface area contributed by atoms with Crippen LogP contribution in [0.3, 0.4) is 0 Å². The highest BCUT2D eigenvalue weighted by atomic mass is 19.1. The Morgan fingerprint density at radius 2 is 2.14 bits per heavy atom. The number of carbonyl (C=O) groups is 1. The lowest BCUT2D eigenvalue weighted by Crippen LogP contribution is -2.38. The molecule has 2 N–H and O–H groups in total. The van der Waals surface area contributed by atoms with Gasteiger partial charge in [0.15, 0.2) is 0 Å². The molecule has 0 bridgehead atoms. The fourth-order valence-corrected chi connectivity index (χ4v) is 3.79. The fraction of sp³-hybridized carbons (Fsp3) is 0.273. The summed E-state index contributed by atoms with van der Waals surface area (Å²) in [6.45, 7) is 1.27. The highest BCUT2D eigenvalue weighted by Gasteiger charge is 2.18. The number of amides is 2. The van der Waals surface area contributed by atoms with Gasteiger partial charge in [-0.25, -0.2) is 14.2 Å². The van der Waals surface area contributed by atoms with Crippen LogP contribution in [0.25, 0.3) is 27.7 Å². The van der Waals surface area contributed by atoms with Gasteiger partial charge >= 0.3 is 6.03 Å². The van der Waals surface area contributed by atoms with Crippen molar-refractivity contribution in [1.82, 2.24) is 20.2 Å². The van der Waals surface area contributed by atoms with Gasteiger partial charge in [-0.05, 0) is 54.3 Å². The number of ether oxygens (including phenoxy) is 1. The van der Waals surface area contributed by atoms with E-state index in [4.69, 9.17) is 4.74 Å². The minimum atomic E-state index is -0.317. The normalized spacial score (nSPS) is 14.4. The number of rotatable bonds is 3. The molecule has 3 heterocycles. The summed E-state index contributed by atoms with van der Waals surface area (Å²) in [5.74, 6) is 0.291. The van der Waals surface area contributed by atoms with Crippen molar-refractivity contribution in [2.75, 3.05) is 27.2 Å². The van der Waals surface area contributed by atoms with E-state index in [0.717, 1.165) is 40.7 Å². The van der Waals surface area contributed by atoms with Crippen molar-refractivity contribution in [1.29, 1.82) is 0 Å². The van der Waals surface area contributed by atoms with Crippen molar-refractivity contribution in [3.63, 3.8) is 0 Å². The largest absolute Gasteiger partial charge is 0.496 e. The van der Waals surface area contributed by atoms with E-state index in [9.17, 15) is 9.18 Å². The van der Waals surface area contributed by atoms with Gasteiger partial charge in [0.1, 0.15) is 17.2 Å². The Kier molecular flexibility index (Phi) is 5.20. The van der Waals surface area contributed by atoms with E-state index in [-0.39, 0.29) is 11.8 Å². The molecule has 2 amide bonds. The van der Waals surface area contributed by atoms with Crippen LogP contribution in [0.15, 0.2) is 42.6 Å². The van der Waals surface area contributed by atoms with Gasteiger partial charge in [0, 0.05) is 43.0 Å². The fourth-order valence-electron chi connectivity index (χ4n) is 3.79. The van der Waals surface area contributed by atoms with E-state index < -0.39 is 0 Å². The average molecular weight is 394 g/mol. The molecule has 29 heavy (non-hydrogen) atoms. The van der Waals surface area contributed by atoms with Crippen LogP contribution >= 0.6 is 0 Å². The highest BCUT2D eigenvalue weighted by Crippen LogP contribution is 2.36. The monoisotopic (exact) mass is 394 g/mol. The molecule has 3 aromatic rings. The van der Waals surface area contributed by atoms with Gasteiger partial charge in [0.2, 0.25) is 0 Å². The maximum atomic E-state index is 13.9. The van der Waals surface area contributed by atoms with Crippen molar-refractivity contribution in [2.24, 2.45) is 0 Å². The lowest BCUT2D eigenvalue weighted by Gasteiger charge is -2.18. The molecule has 1 aliphatic heterocycles. The van der Waals surface area contributed by atoms with E-state index >= 15 is 0 Å². The van der Waals surface area contributed by atoms with Crippen molar-refractivity contribution in [3.8, 4) is 16.9 Å². The summed E-state index contributed by atoms with van der Waals surface area (Å²) in [6, 6.07) is 8.34. The first-order chi connectivity index (χ1) is 14.1. The van der Waals surface area contributed by atoms with E-state index in [1.165, 1.54) is 12.1 Å². The second kappa shape index (κ2) is 7.95. The first kappa shape index (κ1) is 19.0. The molecule has 0 spiro atoms.